The zero-order valence-corrected chi connectivity index (χ0v) is 13.2. The molecule has 5 nitrogen and oxygen atoms in total. The van der Waals surface area contributed by atoms with Crippen molar-refractivity contribution in [2.45, 2.75) is 59.1 Å². The van der Waals surface area contributed by atoms with Gasteiger partial charge >= 0.3 is 6.09 Å². The van der Waals surface area contributed by atoms with Gasteiger partial charge in [0.1, 0.15) is 11.6 Å². The number of carbonyl (C=O) groups excluding carboxylic acids is 2. The minimum Gasteiger partial charge on any atom is -0.444 e. The first-order valence-electron chi connectivity index (χ1n) is 7.37. The van der Waals surface area contributed by atoms with Gasteiger partial charge in [-0.3, -0.25) is 9.69 Å². The Morgan fingerprint density at radius 2 is 1.85 bits per heavy atom. The maximum absolute atomic E-state index is 12.5. The standard InChI is InChI=1S/C15H26N2O3/c1-14(2,3)20-13(19)17-8-6-11(17)12(18)16-9-7-15(4,5)10-16/h11H,6-10H2,1-5H3/t11-/m0/s1. The van der Waals surface area contributed by atoms with Crippen LogP contribution in [0.25, 0.3) is 0 Å². The molecule has 2 amide bonds. The van der Waals surface area contributed by atoms with Crippen molar-refractivity contribution in [2.24, 2.45) is 5.41 Å². The number of rotatable bonds is 1. The maximum atomic E-state index is 12.5. The first-order valence-corrected chi connectivity index (χ1v) is 7.37. The fraction of sp³-hybridized carbons (Fsp3) is 0.867. The number of carbonyl (C=O) groups is 2. The number of amides is 2. The minimum atomic E-state index is -0.518. The molecule has 2 saturated heterocycles. The van der Waals surface area contributed by atoms with E-state index in [0.717, 1.165) is 25.9 Å². The third-order valence-electron chi connectivity index (χ3n) is 3.92. The van der Waals surface area contributed by atoms with Crippen LogP contribution < -0.4 is 0 Å². The van der Waals surface area contributed by atoms with E-state index in [1.165, 1.54) is 0 Å². The summed E-state index contributed by atoms with van der Waals surface area (Å²) in [7, 11) is 0. The van der Waals surface area contributed by atoms with Gasteiger partial charge in [0.05, 0.1) is 0 Å². The van der Waals surface area contributed by atoms with Gasteiger partial charge in [-0.15, -0.1) is 0 Å². The second kappa shape index (κ2) is 4.93. The Morgan fingerprint density at radius 1 is 1.20 bits per heavy atom. The molecule has 0 aliphatic carbocycles. The molecule has 0 aromatic heterocycles. The molecule has 114 valence electrons. The molecule has 0 saturated carbocycles. The van der Waals surface area contributed by atoms with Crippen LogP contribution >= 0.6 is 0 Å². The maximum Gasteiger partial charge on any atom is 0.410 e. The van der Waals surface area contributed by atoms with Crippen molar-refractivity contribution in [3.05, 3.63) is 0 Å². The van der Waals surface area contributed by atoms with Gasteiger partial charge in [0.2, 0.25) is 5.91 Å². The zero-order valence-electron chi connectivity index (χ0n) is 13.2. The van der Waals surface area contributed by atoms with Crippen molar-refractivity contribution in [1.82, 2.24) is 9.80 Å². The van der Waals surface area contributed by atoms with E-state index >= 15 is 0 Å². The van der Waals surface area contributed by atoms with E-state index in [2.05, 4.69) is 13.8 Å². The first kappa shape index (κ1) is 15.1. The SMILES string of the molecule is CC1(C)CCN(C(=O)[C@@H]2CCN2C(=O)OC(C)(C)C)C1. The molecule has 0 aromatic carbocycles. The summed E-state index contributed by atoms with van der Waals surface area (Å²) in [6.07, 6.45) is 1.40. The van der Waals surface area contributed by atoms with E-state index in [0.29, 0.717) is 6.54 Å². The van der Waals surface area contributed by atoms with Crippen molar-refractivity contribution < 1.29 is 14.3 Å². The second-order valence-electron chi connectivity index (χ2n) is 7.65. The van der Waals surface area contributed by atoms with Crippen molar-refractivity contribution in [2.75, 3.05) is 19.6 Å². The molecule has 0 bridgehead atoms. The van der Waals surface area contributed by atoms with Crippen molar-refractivity contribution in [3.8, 4) is 0 Å². The average Bonchev–Trinajstić information content (AvgIpc) is 2.53. The van der Waals surface area contributed by atoms with Gasteiger partial charge in [-0.2, -0.15) is 0 Å². The van der Waals surface area contributed by atoms with Crippen molar-refractivity contribution in [1.29, 1.82) is 0 Å². The van der Waals surface area contributed by atoms with Crippen LogP contribution in [-0.4, -0.2) is 53.1 Å². The summed E-state index contributed by atoms with van der Waals surface area (Å²) in [5.41, 5.74) is -0.327. The highest BCUT2D eigenvalue weighted by Crippen LogP contribution is 2.31. The molecule has 5 heteroatoms. The Hall–Kier alpha value is -1.26. The highest BCUT2D eigenvalue weighted by molar-refractivity contribution is 5.87. The van der Waals surface area contributed by atoms with Crippen LogP contribution in [-0.2, 0) is 9.53 Å². The zero-order chi connectivity index (χ0) is 15.1. The molecular weight excluding hydrogens is 256 g/mol. The summed E-state index contributed by atoms with van der Waals surface area (Å²) >= 11 is 0. The van der Waals surface area contributed by atoms with Crippen LogP contribution in [0.2, 0.25) is 0 Å². The summed E-state index contributed by atoms with van der Waals surface area (Å²) in [5.74, 6) is 0.0766. The number of hydrogen-bond acceptors (Lipinski definition) is 3. The highest BCUT2D eigenvalue weighted by atomic mass is 16.6. The summed E-state index contributed by atoms with van der Waals surface area (Å²) < 4.78 is 5.34. The van der Waals surface area contributed by atoms with E-state index < -0.39 is 5.60 Å². The Bertz CT molecular complexity index is 412. The lowest BCUT2D eigenvalue weighted by atomic mass is 9.93. The predicted octanol–water partition coefficient (Wildman–Crippen LogP) is 2.25. The lowest BCUT2D eigenvalue weighted by molar-refractivity contribution is -0.140. The van der Waals surface area contributed by atoms with E-state index in [1.807, 2.05) is 25.7 Å². The molecule has 2 aliphatic rings. The van der Waals surface area contributed by atoms with Gasteiger partial charge in [-0.05, 0) is 39.0 Å². The van der Waals surface area contributed by atoms with Crippen LogP contribution in [0.5, 0.6) is 0 Å². The quantitative estimate of drug-likeness (QED) is 0.741. The summed E-state index contributed by atoms with van der Waals surface area (Å²) in [6.45, 7) is 12.1. The van der Waals surface area contributed by atoms with E-state index in [4.69, 9.17) is 4.74 Å². The fourth-order valence-electron chi connectivity index (χ4n) is 2.69. The number of ether oxygens (including phenoxy) is 1. The third-order valence-corrected chi connectivity index (χ3v) is 3.92. The molecule has 20 heavy (non-hydrogen) atoms. The van der Waals surface area contributed by atoms with Gasteiger partial charge in [0, 0.05) is 19.6 Å². The molecule has 1 atom stereocenters. The Kier molecular flexibility index (Phi) is 3.73. The molecule has 0 unspecified atom stereocenters. The second-order valence-corrected chi connectivity index (χ2v) is 7.65. The Balaban J connectivity index is 1.93. The lowest BCUT2D eigenvalue weighted by Gasteiger charge is -2.41. The van der Waals surface area contributed by atoms with Crippen molar-refractivity contribution >= 4 is 12.0 Å². The molecular formula is C15H26N2O3. The molecule has 2 fully saturated rings. The van der Waals surface area contributed by atoms with Crippen LogP contribution in [0.15, 0.2) is 0 Å². The molecule has 2 rings (SSSR count). The average molecular weight is 282 g/mol. The van der Waals surface area contributed by atoms with Crippen LogP contribution in [0.4, 0.5) is 4.79 Å². The minimum absolute atomic E-state index is 0.0766. The summed E-state index contributed by atoms with van der Waals surface area (Å²) in [4.78, 5) is 27.9. The largest absolute Gasteiger partial charge is 0.444 e. The molecule has 0 radical (unpaired) electrons. The molecule has 0 aromatic rings. The lowest BCUT2D eigenvalue weighted by Crippen LogP contribution is -2.59. The van der Waals surface area contributed by atoms with E-state index in [-0.39, 0.29) is 23.5 Å². The van der Waals surface area contributed by atoms with Crippen LogP contribution in [0.1, 0.15) is 47.5 Å². The summed E-state index contributed by atoms with van der Waals surface area (Å²) in [5, 5.41) is 0. The predicted molar refractivity (Wildman–Crippen MR) is 76.3 cm³/mol. The highest BCUT2D eigenvalue weighted by Gasteiger charge is 2.44. The molecule has 2 aliphatic heterocycles. The van der Waals surface area contributed by atoms with Gasteiger partial charge in [-0.1, -0.05) is 13.8 Å². The molecule has 0 N–H and O–H groups in total. The van der Waals surface area contributed by atoms with Gasteiger partial charge in [-0.25, -0.2) is 4.79 Å². The topological polar surface area (TPSA) is 49.9 Å². The third kappa shape index (κ3) is 3.25. The Labute approximate surface area is 121 Å². The number of hydrogen-bond donors (Lipinski definition) is 0. The molecule has 0 spiro atoms. The monoisotopic (exact) mass is 282 g/mol. The smallest absolute Gasteiger partial charge is 0.410 e. The number of likely N-dealkylation sites (tertiary alicyclic amines) is 2. The van der Waals surface area contributed by atoms with Gasteiger partial charge in [0.25, 0.3) is 0 Å². The van der Waals surface area contributed by atoms with E-state index in [1.54, 1.807) is 4.90 Å². The molecule has 2 heterocycles. The first-order chi connectivity index (χ1) is 9.09. The normalized spacial score (nSPS) is 25.4. The van der Waals surface area contributed by atoms with Gasteiger partial charge < -0.3 is 9.64 Å². The van der Waals surface area contributed by atoms with Crippen LogP contribution in [0, 0.1) is 5.41 Å². The Morgan fingerprint density at radius 3 is 2.25 bits per heavy atom. The van der Waals surface area contributed by atoms with Crippen molar-refractivity contribution in [3.63, 3.8) is 0 Å². The van der Waals surface area contributed by atoms with Gasteiger partial charge in [0.15, 0.2) is 0 Å². The fourth-order valence-corrected chi connectivity index (χ4v) is 2.69. The number of nitrogens with zero attached hydrogens (tertiary/aromatic N) is 2. The van der Waals surface area contributed by atoms with Crippen LogP contribution in [0.3, 0.4) is 0 Å². The summed E-state index contributed by atoms with van der Waals surface area (Å²) in [6, 6.07) is -0.321. The van der Waals surface area contributed by atoms with E-state index in [9.17, 15) is 9.59 Å².